The van der Waals surface area contributed by atoms with Crippen molar-refractivity contribution >= 4 is 11.6 Å². The molecule has 5 nitrogen and oxygen atoms in total. The van der Waals surface area contributed by atoms with E-state index >= 15 is 0 Å². The zero-order valence-electron chi connectivity index (χ0n) is 22.3. The number of halogens is 1. The number of benzene rings is 3. The van der Waals surface area contributed by atoms with Crippen LogP contribution in [0.5, 0.6) is 0 Å². The summed E-state index contributed by atoms with van der Waals surface area (Å²) in [4.78, 5) is 22.3. The van der Waals surface area contributed by atoms with Crippen molar-refractivity contribution in [2.24, 2.45) is 0 Å². The molecule has 0 aliphatic carbocycles. The summed E-state index contributed by atoms with van der Waals surface area (Å²) in [5.41, 5.74) is 9.02. The molecule has 1 amide bonds. The van der Waals surface area contributed by atoms with Gasteiger partial charge in [0.25, 0.3) is 5.91 Å². The van der Waals surface area contributed by atoms with E-state index in [1.807, 2.05) is 42.2 Å². The van der Waals surface area contributed by atoms with Gasteiger partial charge < -0.3 is 9.30 Å². The molecule has 2 aromatic heterocycles. The van der Waals surface area contributed by atoms with Crippen LogP contribution in [0.25, 0.3) is 28.0 Å². The first-order valence-electron chi connectivity index (χ1n) is 13.4. The van der Waals surface area contributed by atoms with Crippen LogP contribution >= 0.6 is 0 Å². The highest BCUT2D eigenvalue weighted by molar-refractivity contribution is 5.94. The Labute approximate surface area is 228 Å². The van der Waals surface area contributed by atoms with Crippen molar-refractivity contribution in [3.05, 3.63) is 119 Å². The number of fused-ring (bicyclic) bond motifs is 1. The number of carbonyl (C=O) groups is 1. The predicted octanol–water partition coefficient (Wildman–Crippen LogP) is 6.38. The monoisotopic (exact) mass is 518 g/mol. The van der Waals surface area contributed by atoms with Crippen LogP contribution in [0.15, 0.2) is 91.1 Å². The van der Waals surface area contributed by atoms with Crippen LogP contribution in [0.4, 0.5) is 4.39 Å². The van der Waals surface area contributed by atoms with Gasteiger partial charge in [0.1, 0.15) is 11.5 Å². The van der Waals surface area contributed by atoms with E-state index in [0.29, 0.717) is 19.6 Å². The van der Waals surface area contributed by atoms with Gasteiger partial charge in [-0.15, -0.1) is 0 Å². The number of carbonyl (C=O) groups excluding carboxylic acids is 1. The Balaban J connectivity index is 1.30. The third kappa shape index (κ3) is 5.20. The number of aryl methyl sites for hydroxylation is 2. The van der Waals surface area contributed by atoms with Gasteiger partial charge in [0.05, 0.1) is 11.4 Å². The molecule has 1 aliphatic heterocycles. The van der Waals surface area contributed by atoms with Gasteiger partial charge in [-0.25, -0.2) is 9.37 Å². The molecule has 196 valence electrons. The minimum Gasteiger partial charge on any atom is -0.336 e. The van der Waals surface area contributed by atoms with Gasteiger partial charge >= 0.3 is 0 Å². The number of rotatable bonds is 5. The van der Waals surface area contributed by atoms with Crippen molar-refractivity contribution in [2.75, 3.05) is 26.2 Å². The third-order valence-electron chi connectivity index (χ3n) is 7.52. The second kappa shape index (κ2) is 10.5. The highest BCUT2D eigenvalue weighted by Crippen LogP contribution is 2.29. The first kappa shape index (κ1) is 25.0. The molecule has 3 heterocycles. The van der Waals surface area contributed by atoms with Crippen molar-refractivity contribution in [1.29, 1.82) is 0 Å². The zero-order valence-corrected chi connectivity index (χ0v) is 22.3. The Morgan fingerprint density at radius 3 is 2.23 bits per heavy atom. The lowest BCUT2D eigenvalue weighted by molar-refractivity contribution is 0.0627. The number of aromatic nitrogens is 2. The van der Waals surface area contributed by atoms with E-state index in [9.17, 15) is 9.18 Å². The standard InChI is InChI=1S/C33H31FN4O/c1-23-6-8-26(9-7-23)33(39)37-18-16-36(17-19-37)22-30-32(25-10-13-29(34)14-11-25)35-31-15-12-28(21-38(30)31)27-5-3-4-24(2)20-27/h3-15,20-21H,16-19,22H2,1-2H3. The van der Waals surface area contributed by atoms with Crippen LogP contribution < -0.4 is 0 Å². The molecule has 39 heavy (non-hydrogen) atoms. The van der Waals surface area contributed by atoms with Crippen LogP contribution in [0.3, 0.4) is 0 Å². The first-order valence-corrected chi connectivity index (χ1v) is 13.4. The van der Waals surface area contributed by atoms with Gasteiger partial charge in [0.15, 0.2) is 0 Å². The number of hydrogen-bond acceptors (Lipinski definition) is 3. The Morgan fingerprint density at radius 2 is 1.51 bits per heavy atom. The van der Waals surface area contributed by atoms with Crippen LogP contribution in [0.1, 0.15) is 27.2 Å². The molecule has 0 saturated carbocycles. The summed E-state index contributed by atoms with van der Waals surface area (Å²) in [5.74, 6) is -0.181. The van der Waals surface area contributed by atoms with E-state index in [0.717, 1.165) is 57.9 Å². The summed E-state index contributed by atoms with van der Waals surface area (Å²) in [5, 5.41) is 0. The topological polar surface area (TPSA) is 40.9 Å². The van der Waals surface area contributed by atoms with E-state index in [2.05, 4.69) is 52.8 Å². The van der Waals surface area contributed by atoms with Crippen molar-refractivity contribution in [3.8, 4) is 22.4 Å². The second-order valence-corrected chi connectivity index (χ2v) is 10.4. The minimum absolute atomic E-state index is 0.0826. The van der Waals surface area contributed by atoms with Gasteiger partial charge in [0.2, 0.25) is 0 Å². The molecule has 1 aliphatic rings. The van der Waals surface area contributed by atoms with Gasteiger partial charge in [0, 0.05) is 50.0 Å². The van der Waals surface area contributed by atoms with Crippen LogP contribution in [-0.4, -0.2) is 51.3 Å². The van der Waals surface area contributed by atoms with Crippen molar-refractivity contribution in [2.45, 2.75) is 20.4 Å². The summed E-state index contributed by atoms with van der Waals surface area (Å²) in [7, 11) is 0. The van der Waals surface area contributed by atoms with E-state index in [-0.39, 0.29) is 11.7 Å². The first-order chi connectivity index (χ1) is 18.9. The van der Waals surface area contributed by atoms with E-state index in [1.54, 1.807) is 12.1 Å². The van der Waals surface area contributed by atoms with Gasteiger partial charge in [-0.2, -0.15) is 0 Å². The lowest BCUT2D eigenvalue weighted by atomic mass is 10.1. The molecular formula is C33H31FN4O. The average Bonchev–Trinajstić information content (AvgIpc) is 3.31. The van der Waals surface area contributed by atoms with Gasteiger partial charge in [-0.1, -0.05) is 47.5 Å². The van der Waals surface area contributed by atoms with E-state index in [1.165, 1.54) is 17.7 Å². The summed E-state index contributed by atoms with van der Waals surface area (Å²) in [6, 6.07) is 27.0. The Morgan fingerprint density at radius 1 is 0.795 bits per heavy atom. The summed E-state index contributed by atoms with van der Waals surface area (Å²) in [6.45, 7) is 7.68. The van der Waals surface area contributed by atoms with Crippen LogP contribution in [0.2, 0.25) is 0 Å². The van der Waals surface area contributed by atoms with Crippen LogP contribution in [-0.2, 0) is 6.54 Å². The Hall–Kier alpha value is -4.29. The predicted molar refractivity (Wildman–Crippen MR) is 153 cm³/mol. The number of pyridine rings is 1. The maximum Gasteiger partial charge on any atom is 0.253 e. The second-order valence-electron chi connectivity index (χ2n) is 10.4. The van der Waals surface area contributed by atoms with Crippen molar-refractivity contribution in [1.82, 2.24) is 19.2 Å². The molecule has 0 N–H and O–H groups in total. The number of imidazole rings is 1. The molecule has 1 saturated heterocycles. The lowest BCUT2D eigenvalue weighted by Crippen LogP contribution is -2.48. The number of nitrogens with zero attached hydrogens (tertiary/aromatic N) is 4. The molecular weight excluding hydrogens is 487 g/mol. The fourth-order valence-electron chi connectivity index (χ4n) is 5.28. The minimum atomic E-state index is -0.264. The molecule has 0 bridgehead atoms. The number of piperazine rings is 1. The molecule has 0 spiro atoms. The summed E-state index contributed by atoms with van der Waals surface area (Å²) < 4.78 is 15.9. The molecule has 3 aromatic carbocycles. The zero-order chi connectivity index (χ0) is 26.9. The fourth-order valence-corrected chi connectivity index (χ4v) is 5.28. The number of hydrogen-bond donors (Lipinski definition) is 0. The maximum atomic E-state index is 13.7. The van der Waals surface area contributed by atoms with E-state index in [4.69, 9.17) is 4.98 Å². The Kier molecular flexibility index (Phi) is 6.71. The lowest BCUT2D eigenvalue weighted by Gasteiger charge is -2.34. The third-order valence-corrected chi connectivity index (χ3v) is 7.52. The fraction of sp³-hybridized carbons (Fsp3) is 0.212. The summed E-state index contributed by atoms with van der Waals surface area (Å²) in [6.07, 6.45) is 2.15. The van der Waals surface area contributed by atoms with Gasteiger partial charge in [-0.05, 0) is 73.5 Å². The molecule has 0 unspecified atom stereocenters. The normalized spacial score (nSPS) is 14.2. The average molecular weight is 519 g/mol. The van der Waals surface area contributed by atoms with E-state index < -0.39 is 0 Å². The Bertz CT molecular complexity index is 1630. The molecule has 0 radical (unpaired) electrons. The van der Waals surface area contributed by atoms with Gasteiger partial charge in [-0.3, -0.25) is 9.69 Å². The molecule has 0 atom stereocenters. The summed E-state index contributed by atoms with van der Waals surface area (Å²) >= 11 is 0. The smallest absolute Gasteiger partial charge is 0.253 e. The van der Waals surface area contributed by atoms with Crippen molar-refractivity contribution in [3.63, 3.8) is 0 Å². The highest BCUT2D eigenvalue weighted by atomic mass is 19.1. The maximum absolute atomic E-state index is 13.7. The van der Waals surface area contributed by atoms with Crippen molar-refractivity contribution < 1.29 is 9.18 Å². The molecule has 5 aromatic rings. The quantitative estimate of drug-likeness (QED) is 0.271. The molecule has 6 heteroatoms. The SMILES string of the molecule is Cc1ccc(C(=O)N2CCN(Cc3c(-c4ccc(F)cc4)nc4ccc(-c5cccc(C)c5)cn34)CC2)cc1. The number of amides is 1. The molecule has 6 rings (SSSR count). The largest absolute Gasteiger partial charge is 0.336 e. The molecule has 1 fully saturated rings. The van der Waals surface area contributed by atoms with Crippen LogP contribution in [0, 0.1) is 19.7 Å². The highest BCUT2D eigenvalue weighted by Gasteiger charge is 2.24.